The third-order valence-corrected chi connectivity index (χ3v) is 3.75. The first-order chi connectivity index (χ1) is 12.9. The van der Waals surface area contributed by atoms with E-state index in [1.54, 1.807) is 7.05 Å². The lowest BCUT2D eigenvalue weighted by Gasteiger charge is -2.08. The maximum atomic E-state index is 13.0. The number of anilines is 1. The summed E-state index contributed by atoms with van der Waals surface area (Å²) in [4.78, 5) is 39.9. The summed E-state index contributed by atoms with van der Waals surface area (Å²) >= 11 is 0. The molecule has 3 rings (SSSR count). The van der Waals surface area contributed by atoms with Crippen molar-refractivity contribution in [1.29, 1.82) is 0 Å². The van der Waals surface area contributed by atoms with Crippen molar-refractivity contribution >= 4 is 28.6 Å². The lowest BCUT2D eigenvalue weighted by molar-refractivity contribution is -0.147. The van der Waals surface area contributed by atoms with Crippen LogP contribution in [0.3, 0.4) is 0 Å². The fourth-order valence-corrected chi connectivity index (χ4v) is 2.42. The van der Waals surface area contributed by atoms with Crippen molar-refractivity contribution in [2.75, 3.05) is 11.9 Å². The van der Waals surface area contributed by atoms with E-state index in [1.165, 1.54) is 40.0 Å². The first-order valence-corrected chi connectivity index (χ1v) is 8.02. The molecule has 0 aliphatic heterocycles. The van der Waals surface area contributed by atoms with Crippen LogP contribution in [-0.4, -0.2) is 37.8 Å². The Morgan fingerprint density at radius 1 is 1.33 bits per heavy atom. The second-order valence-corrected chi connectivity index (χ2v) is 5.72. The molecule has 3 aromatic rings. The standard InChI is InChI=1S/C17H16FN5O4/c1-22-16-13(8-20-22)17(26)23(10-19-16)6-5-15(25)27-9-14(24)21-12-4-2-3-11(18)7-12/h2-4,7-8,10H,5-6,9H2,1H3,(H,21,24). The quantitative estimate of drug-likeness (QED) is 0.642. The third kappa shape index (κ3) is 4.35. The number of hydrogen-bond acceptors (Lipinski definition) is 6. The largest absolute Gasteiger partial charge is 0.456 e. The zero-order chi connectivity index (χ0) is 19.4. The Balaban J connectivity index is 1.50. The summed E-state index contributed by atoms with van der Waals surface area (Å²) in [6.07, 6.45) is 2.63. The molecule has 9 nitrogen and oxygen atoms in total. The SMILES string of the molecule is Cn1ncc2c(=O)n(CCC(=O)OCC(=O)Nc3cccc(F)c3)cnc21. The van der Waals surface area contributed by atoms with Crippen LogP contribution < -0.4 is 10.9 Å². The fraction of sp³-hybridized carbons (Fsp3) is 0.235. The summed E-state index contributed by atoms with van der Waals surface area (Å²) < 4.78 is 20.7. The number of nitrogens with zero attached hydrogens (tertiary/aromatic N) is 4. The van der Waals surface area contributed by atoms with Crippen LogP contribution in [0, 0.1) is 5.82 Å². The van der Waals surface area contributed by atoms with Crippen molar-refractivity contribution in [3.8, 4) is 0 Å². The highest BCUT2D eigenvalue weighted by Crippen LogP contribution is 2.09. The molecule has 0 radical (unpaired) electrons. The molecule has 0 saturated carbocycles. The normalized spacial score (nSPS) is 10.7. The van der Waals surface area contributed by atoms with Gasteiger partial charge in [-0.2, -0.15) is 5.10 Å². The Morgan fingerprint density at radius 3 is 2.93 bits per heavy atom. The van der Waals surface area contributed by atoms with Gasteiger partial charge in [-0.25, -0.2) is 9.37 Å². The lowest BCUT2D eigenvalue weighted by atomic mass is 10.3. The number of aromatic nitrogens is 4. The van der Waals surface area contributed by atoms with Crippen molar-refractivity contribution < 1.29 is 18.7 Å². The average molecular weight is 373 g/mol. The minimum absolute atomic E-state index is 0.0566. The highest BCUT2D eigenvalue weighted by Gasteiger charge is 2.11. The van der Waals surface area contributed by atoms with Gasteiger partial charge < -0.3 is 10.1 Å². The van der Waals surface area contributed by atoms with Crippen molar-refractivity contribution in [3.05, 3.63) is 53.0 Å². The predicted octanol–water partition coefficient (Wildman–Crippen LogP) is 0.841. The molecule has 0 saturated heterocycles. The number of carbonyl (C=O) groups excluding carboxylic acids is 2. The van der Waals surface area contributed by atoms with E-state index in [4.69, 9.17) is 4.74 Å². The number of nitrogens with one attached hydrogen (secondary N) is 1. The Morgan fingerprint density at radius 2 is 2.15 bits per heavy atom. The maximum Gasteiger partial charge on any atom is 0.308 e. The predicted molar refractivity (Wildman–Crippen MR) is 93.4 cm³/mol. The molecule has 0 spiro atoms. The van der Waals surface area contributed by atoms with Gasteiger partial charge in [-0.05, 0) is 18.2 Å². The number of fused-ring (bicyclic) bond motifs is 1. The number of halogens is 1. The van der Waals surface area contributed by atoms with Gasteiger partial charge in [-0.15, -0.1) is 0 Å². The number of esters is 1. The van der Waals surface area contributed by atoms with Crippen LogP contribution in [-0.2, 0) is 27.9 Å². The molecule has 27 heavy (non-hydrogen) atoms. The molecular weight excluding hydrogens is 357 g/mol. The zero-order valence-corrected chi connectivity index (χ0v) is 14.4. The van der Waals surface area contributed by atoms with E-state index in [9.17, 15) is 18.8 Å². The van der Waals surface area contributed by atoms with Gasteiger partial charge in [0, 0.05) is 19.3 Å². The molecule has 0 aliphatic carbocycles. The molecule has 140 valence electrons. The molecule has 0 aliphatic rings. The van der Waals surface area contributed by atoms with E-state index in [1.807, 2.05) is 0 Å². The molecule has 2 aromatic heterocycles. The molecule has 0 bridgehead atoms. The lowest BCUT2D eigenvalue weighted by Crippen LogP contribution is -2.24. The van der Waals surface area contributed by atoms with E-state index >= 15 is 0 Å². The minimum atomic E-state index is -0.650. The number of ether oxygens (including phenoxy) is 1. The second-order valence-electron chi connectivity index (χ2n) is 5.72. The van der Waals surface area contributed by atoms with Gasteiger partial charge in [0.2, 0.25) is 0 Å². The van der Waals surface area contributed by atoms with Crippen LogP contribution in [0.4, 0.5) is 10.1 Å². The van der Waals surface area contributed by atoms with Gasteiger partial charge in [0.15, 0.2) is 12.3 Å². The van der Waals surface area contributed by atoms with Crippen LogP contribution in [0.2, 0.25) is 0 Å². The monoisotopic (exact) mass is 373 g/mol. The van der Waals surface area contributed by atoms with Gasteiger partial charge >= 0.3 is 5.97 Å². The maximum absolute atomic E-state index is 13.0. The van der Waals surface area contributed by atoms with Gasteiger partial charge in [0.05, 0.1) is 18.9 Å². The molecular formula is C17H16FN5O4. The van der Waals surface area contributed by atoms with Crippen LogP contribution in [0.1, 0.15) is 6.42 Å². The summed E-state index contributed by atoms with van der Waals surface area (Å²) in [5.74, 6) is -1.73. The Kier molecular flexibility index (Phi) is 5.25. The molecule has 10 heteroatoms. The van der Waals surface area contributed by atoms with Crippen LogP contribution in [0.5, 0.6) is 0 Å². The van der Waals surface area contributed by atoms with Crippen LogP contribution >= 0.6 is 0 Å². The number of hydrogen-bond donors (Lipinski definition) is 1. The summed E-state index contributed by atoms with van der Waals surface area (Å²) in [6, 6.07) is 5.35. The average Bonchev–Trinajstić information content (AvgIpc) is 3.01. The molecule has 2 heterocycles. The summed E-state index contributed by atoms with van der Waals surface area (Å²) in [5.41, 5.74) is 0.399. The molecule has 1 N–H and O–H groups in total. The van der Waals surface area contributed by atoms with E-state index in [0.29, 0.717) is 11.0 Å². The number of benzene rings is 1. The Bertz CT molecular complexity index is 1060. The van der Waals surface area contributed by atoms with Gasteiger partial charge in [0.1, 0.15) is 11.2 Å². The van der Waals surface area contributed by atoms with Crippen molar-refractivity contribution in [1.82, 2.24) is 19.3 Å². The summed E-state index contributed by atoms with van der Waals surface area (Å²) in [6.45, 7) is -0.453. The number of aryl methyl sites for hydroxylation is 2. The second kappa shape index (κ2) is 7.77. The van der Waals surface area contributed by atoms with E-state index in [0.717, 1.165) is 6.07 Å². The highest BCUT2D eigenvalue weighted by molar-refractivity contribution is 5.92. The summed E-state index contributed by atoms with van der Waals surface area (Å²) in [5, 5.41) is 6.73. The Labute approximate surface area is 152 Å². The summed E-state index contributed by atoms with van der Waals surface area (Å²) in [7, 11) is 1.67. The molecule has 1 aromatic carbocycles. The van der Waals surface area contributed by atoms with E-state index in [2.05, 4.69) is 15.4 Å². The van der Waals surface area contributed by atoms with Crippen LogP contribution in [0.15, 0.2) is 41.6 Å². The third-order valence-electron chi connectivity index (χ3n) is 3.75. The Hall–Kier alpha value is -3.56. The van der Waals surface area contributed by atoms with Gasteiger partial charge in [-0.3, -0.25) is 23.6 Å². The van der Waals surface area contributed by atoms with Crippen LogP contribution in [0.25, 0.3) is 11.0 Å². The van der Waals surface area contributed by atoms with Crippen molar-refractivity contribution in [2.24, 2.45) is 7.05 Å². The molecule has 0 atom stereocenters. The van der Waals surface area contributed by atoms with Crippen molar-refractivity contribution in [3.63, 3.8) is 0 Å². The fourth-order valence-electron chi connectivity index (χ4n) is 2.42. The van der Waals surface area contributed by atoms with Gasteiger partial charge in [-0.1, -0.05) is 6.07 Å². The molecule has 0 unspecified atom stereocenters. The first kappa shape index (κ1) is 18.2. The molecule has 1 amide bonds. The zero-order valence-electron chi connectivity index (χ0n) is 14.4. The van der Waals surface area contributed by atoms with Gasteiger partial charge in [0.25, 0.3) is 11.5 Å². The van der Waals surface area contributed by atoms with E-state index in [-0.39, 0.29) is 24.2 Å². The molecule has 0 fully saturated rings. The number of amides is 1. The minimum Gasteiger partial charge on any atom is -0.456 e. The number of rotatable bonds is 6. The first-order valence-electron chi connectivity index (χ1n) is 8.02. The number of carbonyl (C=O) groups is 2. The van der Waals surface area contributed by atoms with Crippen molar-refractivity contribution in [2.45, 2.75) is 13.0 Å². The smallest absolute Gasteiger partial charge is 0.308 e. The topological polar surface area (TPSA) is 108 Å². The van der Waals surface area contributed by atoms with E-state index < -0.39 is 24.3 Å². The highest BCUT2D eigenvalue weighted by atomic mass is 19.1.